The summed E-state index contributed by atoms with van der Waals surface area (Å²) in [4.78, 5) is 0. The zero-order valence-corrected chi connectivity index (χ0v) is 13.8. The molecule has 0 radical (unpaired) electrons. The van der Waals surface area contributed by atoms with E-state index in [0.717, 1.165) is 0 Å². The van der Waals surface area contributed by atoms with Crippen LogP contribution in [-0.2, 0) is 12.8 Å². The van der Waals surface area contributed by atoms with Crippen LogP contribution < -0.4 is 0 Å². The molecule has 0 saturated heterocycles. The van der Waals surface area contributed by atoms with Crippen molar-refractivity contribution in [2.75, 3.05) is 0 Å². The van der Waals surface area contributed by atoms with Crippen LogP contribution >= 0.6 is 11.8 Å². The van der Waals surface area contributed by atoms with Crippen LogP contribution in [0.2, 0.25) is 0 Å². The Hall–Kier alpha value is -1.63. The fraction of sp³-hybridized carbons (Fsp3) is 0.333. The van der Waals surface area contributed by atoms with E-state index >= 15 is 0 Å². The van der Waals surface area contributed by atoms with Gasteiger partial charge in [0.2, 0.25) is 0 Å². The molecule has 2 rings (SSSR count). The Labute approximate surface area is 146 Å². The van der Waals surface area contributed by atoms with Crippen LogP contribution in [0.5, 0.6) is 0 Å². The minimum atomic E-state index is -4.72. The maximum Gasteiger partial charge on any atom is 0.400 e. The van der Waals surface area contributed by atoms with Gasteiger partial charge in [-0.05, 0) is 24.0 Å². The summed E-state index contributed by atoms with van der Waals surface area (Å²) in [5.74, 6) is 0. The van der Waals surface area contributed by atoms with Crippen molar-refractivity contribution < 1.29 is 26.3 Å². The number of hydrogen-bond donors (Lipinski definition) is 0. The monoisotopic (exact) mass is 378 g/mol. The van der Waals surface area contributed by atoms with Gasteiger partial charge in [0.15, 0.2) is 0 Å². The summed E-state index contributed by atoms with van der Waals surface area (Å²) in [5, 5.41) is -4.24. The van der Waals surface area contributed by atoms with E-state index in [9.17, 15) is 26.3 Å². The van der Waals surface area contributed by atoms with Crippen LogP contribution in [0.4, 0.5) is 26.3 Å². The van der Waals surface area contributed by atoms with Crippen molar-refractivity contribution in [2.24, 2.45) is 0 Å². The second-order valence-corrected chi connectivity index (χ2v) is 6.99. The highest BCUT2D eigenvalue weighted by Crippen LogP contribution is 2.42. The van der Waals surface area contributed by atoms with Crippen LogP contribution in [0.3, 0.4) is 0 Å². The third kappa shape index (κ3) is 6.30. The van der Waals surface area contributed by atoms with Gasteiger partial charge in [0, 0.05) is 0 Å². The van der Waals surface area contributed by atoms with E-state index in [1.54, 1.807) is 36.4 Å². The lowest BCUT2D eigenvalue weighted by Crippen LogP contribution is -2.36. The lowest BCUT2D eigenvalue weighted by Gasteiger charge is -2.27. The molecule has 0 heterocycles. The van der Waals surface area contributed by atoms with Crippen LogP contribution in [-0.4, -0.2) is 22.9 Å². The first kappa shape index (κ1) is 19.7. The fourth-order valence-corrected chi connectivity index (χ4v) is 3.62. The van der Waals surface area contributed by atoms with Gasteiger partial charge < -0.3 is 0 Å². The first-order valence-corrected chi connectivity index (χ1v) is 8.47. The Morgan fingerprint density at radius 2 is 0.920 bits per heavy atom. The van der Waals surface area contributed by atoms with Crippen LogP contribution in [0.25, 0.3) is 0 Å². The third-order valence-electron chi connectivity index (χ3n) is 3.59. The molecule has 7 heteroatoms. The standard InChI is InChI=1S/C18H16F6S/c19-17(20,21)15(11-13-7-3-1-4-8-13)25-16(18(22,23)24)12-14-9-5-2-6-10-14/h1-10,15-16H,11-12H2. The first-order chi connectivity index (χ1) is 11.7. The Morgan fingerprint density at radius 1 is 0.600 bits per heavy atom. The highest BCUT2D eigenvalue weighted by atomic mass is 32.2. The Balaban J connectivity index is 2.20. The number of halogens is 6. The molecule has 0 aromatic heterocycles. The summed E-state index contributed by atoms with van der Waals surface area (Å²) in [5.41, 5.74) is 0.718. The SMILES string of the molecule is FC(F)(F)C(Cc1ccccc1)SC(Cc1ccccc1)C(F)(F)F. The predicted octanol–water partition coefficient (Wildman–Crippen LogP) is 6.07. The highest BCUT2D eigenvalue weighted by Gasteiger charge is 2.48. The summed E-state index contributed by atoms with van der Waals surface area (Å²) in [6.07, 6.45) is -10.4. The van der Waals surface area contributed by atoms with Crippen LogP contribution in [0.1, 0.15) is 11.1 Å². The second kappa shape index (κ2) is 8.17. The molecule has 0 bridgehead atoms. The molecule has 0 fully saturated rings. The van der Waals surface area contributed by atoms with Gasteiger partial charge in [0.25, 0.3) is 0 Å². The highest BCUT2D eigenvalue weighted by molar-refractivity contribution is 8.00. The molecule has 136 valence electrons. The number of hydrogen-bond acceptors (Lipinski definition) is 1. The van der Waals surface area contributed by atoms with Crippen molar-refractivity contribution >= 4 is 11.8 Å². The summed E-state index contributed by atoms with van der Waals surface area (Å²) in [7, 11) is 0. The molecule has 0 aliphatic heterocycles. The Bertz CT molecular complexity index is 579. The molecule has 0 saturated carbocycles. The van der Waals surface area contributed by atoms with Crippen molar-refractivity contribution in [3.63, 3.8) is 0 Å². The van der Waals surface area contributed by atoms with E-state index in [4.69, 9.17) is 0 Å². The van der Waals surface area contributed by atoms with E-state index in [0.29, 0.717) is 11.1 Å². The van der Waals surface area contributed by atoms with E-state index < -0.39 is 35.7 Å². The predicted molar refractivity (Wildman–Crippen MR) is 87.6 cm³/mol. The minimum absolute atomic E-state index is 0.0566. The maximum atomic E-state index is 13.3. The lowest BCUT2D eigenvalue weighted by molar-refractivity contribution is -0.135. The Morgan fingerprint density at radius 3 is 1.20 bits per heavy atom. The quantitative estimate of drug-likeness (QED) is 0.550. The molecule has 2 atom stereocenters. The van der Waals surface area contributed by atoms with Crippen molar-refractivity contribution in [2.45, 2.75) is 35.7 Å². The van der Waals surface area contributed by atoms with E-state index in [2.05, 4.69) is 0 Å². The molecule has 25 heavy (non-hydrogen) atoms. The smallest absolute Gasteiger partial charge is 0.170 e. The normalized spacial score (nSPS) is 15.0. The first-order valence-electron chi connectivity index (χ1n) is 7.53. The van der Waals surface area contributed by atoms with Crippen molar-refractivity contribution in [3.05, 3.63) is 71.8 Å². The van der Waals surface area contributed by atoms with Crippen LogP contribution in [0, 0.1) is 0 Å². The molecular weight excluding hydrogens is 362 g/mol. The average Bonchev–Trinajstić information content (AvgIpc) is 2.53. The zero-order chi connectivity index (χ0) is 18.5. The molecule has 2 aromatic carbocycles. The fourth-order valence-electron chi connectivity index (χ4n) is 2.34. The van der Waals surface area contributed by atoms with Gasteiger partial charge >= 0.3 is 12.4 Å². The molecule has 2 unspecified atom stereocenters. The van der Waals surface area contributed by atoms with Gasteiger partial charge in [0.1, 0.15) is 10.5 Å². The largest absolute Gasteiger partial charge is 0.400 e. The molecule has 0 spiro atoms. The van der Waals surface area contributed by atoms with Crippen LogP contribution in [0.15, 0.2) is 60.7 Å². The zero-order valence-electron chi connectivity index (χ0n) is 13.0. The number of thioether (sulfide) groups is 1. The van der Waals surface area contributed by atoms with Gasteiger partial charge in [-0.2, -0.15) is 26.3 Å². The summed E-state index contributed by atoms with van der Waals surface area (Å²) < 4.78 is 79.8. The molecule has 0 amide bonds. The second-order valence-electron chi connectivity index (χ2n) is 5.58. The van der Waals surface area contributed by atoms with Crippen molar-refractivity contribution in [1.82, 2.24) is 0 Å². The molecule has 0 aliphatic carbocycles. The lowest BCUT2D eigenvalue weighted by atomic mass is 10.1. The summed E-state index contributed by atoms with van der Waals surface area (Å²) >= 11 is -0.0566. The molecule has 2 aromatic rings. The van der Waals surface area contributed by atoms with Crippen molar-refractivity contribution in [3.8, 4) is 0 Å². The summed E-state index contributed by atoms with van der Waals surface area (Å²) in [6.45, 7) is 0. The van der Waals surface area contributed by atoms with E-state index in [1.165, 1.54) is 24.3 Å². The van der Waals surface area contributed by atoms with Gasteiger partial charge in [-0.15, -0.1) is 11.8 Å². The van der Waals surface area contributed by atoms with E-state index in [-0.39, 0.29) is 11.8 Å². The average molecular weight is 378 g/mol. The Kier molecular flexibility index (Phi) is 6.43. The molecular formula is C18H16F6S. The summed E-state index contributed by atoms with van der Waals surface area (Å²) in [6, 6.07) is 15.5. The molecule has 0 N–H and O–H groups in total. The number of alkyl halides is 6. The van der Waals surface area contributed by atoms with Gasteiger partial charge in [-0.3, -0.25) is 0 Å². The third-order valence-corrected chi connectivity index (χ3v) is 5.11. The van der Waals surface area contributed by atoms with Gasteiger partial charge in [0.05, 0.1) is 0 Å². The molecule has 0 aliphatic rings. The van der Waals surface area contributed by atoms with Gasteiger partial charge in [-0.25, -0.2) is 0 Å². The van der Waals surface area contributed by atoms with Crippen molar-refractivity contribution in [1.29, 1.82) is 0 Å². The number of rotatable bonds is 6. The number of benzene rings is 2. The maximum absolute atomic E-state index is 13.3. The van der Waals surface area contributed by atoms with Gasteiger partial charge in [-0.1, -0.05) is 60.7 Å². The van der Waals surface area contributed by atoms with E-state index in [1.807, 2.05) is 0 Å². The minimum Gasteiger partial charge on any atom is -0.170 e. The topological polar surface area (TPSA) is 0 Å². The molecule has 0 nitrogen and oxygen atoms in total.